The van der Waals surface area contributed by atoms with Gasteiger partial charge in [-0.15, -0.1) is 0 Å². The monoisotopic (exact) mass is 167 g/mol. The highest BCUT2D eigenvalue weighted by molar-refractivity contribution is 7.78. The van der Waals surface area contributed by atoms with Crippen molar-refractivity contribution >= 4 is 23.1 Å². The van der Waals surface area contributed by atoms with Gasteiger partial charge in [0.1, 0.15) is 5.69 Å². The predicted molar refractivity (Wildman–Crippen MR) is 47.3 cm³/mol. The van der Waals surface area contributed by atoms with Gasteiger partial charge >= 0.3 is 0 Å². The summed E-state index contributed by atoms with van der Waals surface area (Å²) in [7, 11) is 0. The number of thiocarbonyl (C=S) groups is 1. The second-order valence-corrected chi connectivity index (χ2v) is 2.34. The fourth-order valence-corrected chi connectivity index (χ4v) is 0.927. The molecule has 0 radical (unpaired) electrons. The van der Waals surface area contributed by atoms with E-state index in [0.717, 1.165) is 17.9 Å². The van der Waals surface area contributed by atoms with Gasteiger partial charge in [0.15, 0.2) is 0 Å². The Kier molecular flexibility index (Phi) is 2.52. The normalized spacial score (nSPS) is 9.27. The summed E-state index contributed by atoms with van der Waals surface area (Å²) in [6, 6.07) is 0. The van der Waals surface area contributed by atoms with Gasteiger partial charge in [-0.2, -0.15) is 10.1 Å². The van der Waals surface area contributed by atoms with Crippen molar-refractivity contribution in [2.24, 2.45) is 4.99 Å². The van der Waals surface area contributed by atoms with Crippen LogP contribution in [0.3, 0.4) is 0 Å². The molecule has 0 aliphatic rings. The van der Waals surface area contributed by atoms with Crippen LogP contribution in [0, 0.1) is 6.92 Å². The molecule has 1 rings (SSSR count). The number of hydrogen-bond donors (Lipinski definition) is 0. The topological polar surface area (TPSA) is 30.2 Å². The van der Waals surface area contributed by atoms with Crippen molar-refractivity contribution < 1.29 is 0 Å². The highest BCUT2D eigenvalue weighted by Gasteiger charge is 2.00. The van der Waals surface area contributed by atoms with Crippen LogP contribution in [0.2, 0.25) is 0 Å². The first-order valence-corrected chi connectivity index (χ1v) is 3.80. The third-order valence-corrected chi connectivity index (χ3v) is 1.50. The summed E-state index contributed by atoms with van der Waals surface area (Å²) >= 11 is 4.49. The molecule has 0 bridgehead atoms. The average molecular weight is 167 g/mol. The highest BCUT2D eigenvalue weighted by Crippen LogP contribution is 2.14. The molecule has 4 heteroatoms. The van der Waals surface area contributed by atoms with Gasteiger partial charge in [-0.3, -0.25) is 4.68 Å². The van der Waals surface area contributed by atoms with Crippen LogP contribution >= 0.6 is 12.2 Å². The number of rotatable bonds is 2. The Morgan fingerprint density at radius 2 is 2.55 bits per heavy atom. The number of aromatic nitrogens is 2. The molecule has 0 unspecified atom stereocenters. The number of aliphatic imine (C=N–C) groups is 1. The standard InChI is InChI=1S/C7H9N3S/c1-3-10-4-7(8-5-11)6(2)9-10/h4H,3H2,1-2H3. The second-order valence-electron chi connectivity index (χ2n) is 2.16. The van der Waals surface area contributed by atoms with Crippen LogP contribution in [0.15, 0.2) is 11.2 Å². The van der Waals surface area contributed by atoms with Gasteiger partial charge in [-0.05, 0) is 26.1 Å². The molecule has 0 aliphatic heterocycles. The molecule has 0 saturated carbocycles. The molecule has 0 spiro atoms. The van der Waals surface area contributed by atoms with Crippen molar-refractivity contribution in [2.75, 3.05) is 0 Å². The van der Waals surface area contributed by atoms with E-state index in [-0.39, 0.29) is 0 Å². The van der Waals surface area contributed by atoms with Crippen molar-refractivity contribution in [3.05, 3.63) is 11.9 Å². The second kappa shape index (κ2) is 3.42. The Hall–Kier alpha value is -0.990. The summed E-state index contributed by atoms with van der Waals surface area (Å²) in [6.07, 6.45) is 1.86. The van der Waals surface area contributed by atoms with Crippen molar-refractivity contribution in [3.8, 4) is 0 Å². The van der Waals surface area contributed by atoms with Crippen LogP contribution < -0.4 is 0 Å². The van der Waals surface area contributed by atoms with Crippen molar-refractivity contribution in [2.45, 2.75) is 20.4 Å². The van der Waals surface area contributed by atoms with E-state index >= 15 is 0 Å². The highest BCUT2D eigenvalue weighted by atomic mass is 32.1. The molecule has 1 aromatic rings. The van der Waals surface area contributed by atoms with E-state index in [1.165, 1.54) is 0 Å². The third-order valence-electron chi connectivity index (χ3n) is 1.41. The zero-order valence-electron chi connectivity index (χ0n) is 6.53. The molecule has 1 aromatic heterocycles. The van der Waals surface area contributed by atoms with Crippen molar-refractivity contribution in [1.82, 2.24) is 9.78 Å². The number of isothiocyanates is 1. The first-order valence-electron chi connectivity index (χ1n) is 3.40. The lowest BCUT2D eigenvalue weighted by Crippen LogP contribution is -1.93. The fourth-order valence-electron chi connectivity index (χ4n) is 0.828. The first kappa shape index (κ1) is 8.11. The van der Waals surface area contributed by atoms with Crippen LogP contribution in [-0.2, 0) is 6.54 Å². The summed E-state index contributed by atoms with van der Waals surface area (Å²) < 4.78 is 1.82. The van der Waals surface area contributed by atoms with Gasteiger partial charge in [0.2, 0.25) is 0 Å². The van der Waals surface area contributed by atoms with Gasteiger partial charge in [0.05, 0.1) is 17.1 Å². The minimum Gasteiger partial charge on any atom is -0.270 e. The molecule has 58 valence electrons. The fraction of sp³-hybridized carbons (Fsp3) is 0.429. The lowest BCUT2D eigenvalue weighted by Gasteiger charge is -1.88. The molecule has 0 aliphatic carbocycles. The van der Waals surface area contributed by atoms with Gasteiger partial charge in [-0.1, -0.05) is 0 Å². The summed E-state index contributed by atoms with van der Waals surface area (Å²) in [5, 5.41) is 6.50. The van der Waals surface area contributed by atoms with Crippen LogP contribution in [0.1, 0.15) is 12.6 Å². The average Bonchev–Trinajstić information content (AvgIpc) is 2.33. The molecule has 0 amide bonds. The zero-order chi connectivity index (χ0) is 8.27. The van der Waals surface area contributed by atoms with Crippen LogP contribution in [0.4, 0.5) is 5.69 Å². The third kappa shape index (κ3) is 1.73. The molecular weight excluding hydrogens is 158 g/mol. The summed E-state index contributed by atoms with van der Waals surface area (Å²) in [5.74, 6) is 0. The van der Waals surface area contributed by atoms with E-state index in [0.29, 0.717) is 0 Å². The molecule has 3 nitrogen and oxygen atoms in total. The summed E-state index contributed by atoms with van der Waals surface area (Å²) in [6.45, 7) is 4.78. The van der Waals surface area contributed by atoms with Crippen LogP contribution in [0.5, 0.6) is 0 Å². The minimum atomic E-state index is 0.807. The maximum absolute atomic E-state index is 4.49. The first-order chi connectivity index (χ1) is 5.27. The molecule has 0 N–H and O–H groups in total. The van der Waals surface area contributed by atoms with Crippen molar-refractivity contribution in [3.63, 3.8) is 0 Å². The van der Waals surface area contributed by atoms with E-state index < -0.39 is 0 Å². The quantitative estimate of drug-likeness (QED) is 0.497. The van der Waals surface area contributed by atoms with E-state index in [1.54, 1.807) is 0 Å². The summed E-state index contributed by atoms with van der Waals surface area (Å²) in [5.41, 5.74) is 1.70. The lowest BCUT2D eigenvalue weighted by molar-refractivity contribution is 0.653. The van der Waals surface area contributed by atoms with Gasteiger partial charge < -0.3 is 0 Å². The Morgan fingerprint density at radius 1 is 1.82 bits per heavy atom. The maximum Gasteiger partial charge on any atom is 0.115 e. The Morgan fingerprint density at radius 3 is 3.00 bits per heavy atom. The minimum absolute atomic E-state index is 0.807. The molecule has 1 heterocycles. The number of hydrogen-bond acceptors (Lipinski definition) is 3. The number of nitrogens with zero attached hydrogens (tertiary/aromatic N) is 3. The Bertz CT molecular complexity index is 297. The van der Waals surface area contributed by atoms with E-state index in [9.17, 15) is 0 Å². The van der Waals surface area contributed by atoms with E-state index in [1.807, 2.05) is 24.7 Å². The molecule has 0 saturated heterocycles. The van der Waals surface area contributed by atoms with Crippen LogP contribution in [0.25, 0.3) is 0 Å². The predicted octanol–water partition coefficient (Wildman–Crippen LogP) is 1.95. The Balaban J connectivity index is 3.06. The molecule has 0 atom stereocenters. The Labute approximate surface area is 70.8 Å². The molecule has 0 aromatic carbocycles. The zero-order valence-corrected chi connectivity index (χ0v) is 7.35. The molecular formula is C7H9N3S. The number of aryl methyl sites for hydroxylation is 2. The largest absolute Gasteiger partial charge is 0.270 e. The smallest absolute Gasteiger partial charge is 0.115 e. The van der Waals surface area contributed by atoms with E-state index in [2.05, 4.69) is 27.5 Å². The van der Waals surface area contributed by atoms with Crippen molar-refractivity contribution in [1.29, 1.82) is 0 Å². The molecule has 0 fully saturated rings. The maximum atomic E-state index is 4.49. The van der Waals surface area contributed by atoms with Crippen LogP contribution in [-0.4, -0.2) is 14.9 Å². The lowest BCUT2D eigenvalue weighted by atomic mass is 10.4. The van der Waals surface area contributed by atoms with Gasteiger partial charge in [0, 0.05) is 6.54 Å². The summed E-state index contributed by atoms with van der Waals surface area (Å²) in [4.78, 5) is 3.86. The van der Waals surface area contributed by atoms with E-state index in [4.69, 9.17) is 0 Å². The molecule has 11 heavy (non-hydrogen) atoms. The van der Waals surface area contributed by atoms with Gasteiger partial charge in [-0.25, -0.2) is 0 Å². The SMILES string of the molecule is CCn1cc(N=C=S)c(C)n1. The van der Waals surface area contributed by atoms with Gasteiger partial charge in [0.25, 0.3) is 0 Å².